The Labute approximate surface area is 109 Å². The molecule has 0 aliphatic carbocycles. The number of rotatable bonds is 4. The molecule has 1 atom stereocenters. The number of ether oxygens (including phenoxy) is 2. The topological polar surface area (TPSA) is 44.5 Å². The lowest BCUT2D eigenvalue weighted by atomic mass is 10.0. The molecule has 0 bridgehead atoms. The number of hydrogen-bond acceptors (Lipinski definition) is 4. The second kappa shape index (κ2) is 5.37. The molecule has 1 heterocycles. The molecule has 0 saturated carbocycles. The van der Waals surface area contributed by atoms with Gasteiger partial charge in [-0.1, -0.05) is 0 Å². The van der Waals surface area contributed by atoms with Crippen LogP contribution in [-0.4, -0.2) is 14.2 Å². The van der Waals surface area contributed by atoms with Crippen molar-refractivity contribution in [1.29, 1.82) is 0 Å². The van der Waals surface area contributed by atoms with E-state index in [1.807, 2.05) is 16.8 Å². The average Bonchev–Trinajstić information content (AvgIpc) is 2.91. The maximum Gasteiger partial charge on any atom is 0.163 e. The van der Waals surface area contributed by atoms with Crippen LogP contribution in [0.2, 0.25) is 0 Å². The van der Waals surface area contributed by atoms with E-state index in [9.17, 15) is 4.39 Å². The van der Waals surface area contributed by atoms with Crippen LogP contribution in [0.4, 0.5) is 4.39 Å². The van der Waals surface area contributed by atoms with Gasteiger partial charge < -0.3 is 15.2 Å². The van der Waals surface area contributed by atoms with E-state index in [4.69, 9.17) is 15.2 Å². The highest BCUT2D eigenvalue weighted by atomic mass is 32.1. The van der Waals surface area contributed by atoms with Crippen LogP contribution in [0, 0.1) is 5.82 Å². The molecule has 96 valence electrons. The molecule has 0 aliphatic heterocycles. The van der Waals surface area contributed by atoms with E-state index in [1.165, 1.54) is 31.6 Å². The molecule has 2 rings (SSSR count). The second-order valence-electron chi connectivity index (χ2n) is 3.76. The first kappa shape index (κ1) is 12.9. The summed E-state index contributed by atoms with van der Waals surface area (Å²) in [5.41, 5.74) is 7.32. The van der Waals surface area contributed by atoms with Crippen LogP contribution < -0.4 is 15.2 Å². The number of nitrogens with two attached hydrogens (primary N) is 1. The Hall–Kier alpha value is -1.59. The van der Waals surface area contributed by atoms with Gasteiger partial charge in [0.15, 0.2) is 11.5 Å². The Bertz CT molecular complexity index is 528. The molecular formula is C13H14FNO2S. The van der Waals surface area contributed by atoms with Crippen molar-refractivity contribution in [1.82, 2.24) is 0 Å². The molecule has 1 aromatic carbocycles. The molecular weight excluding hydrogens is 253 g/mol. The highest BCUT2D eigenvalue weighted by Gasteiger charge is 2.18. The van der Waals surface area contributed by atoms with Crippen molar-refractivity contribution in [2.24, 2.45) is 5.73 Å². The molecule has 2 N–H and O–H groups in total. The molecule has 18 heavy (non-hydrogen) atoms. The number of thiophene rings is 1. The molecule has 3 nitrogen and oxygen atoms in total. The van der Waals surface area contributed by atoms with E-state index in [1.54, 1.807) is 6.07 Å². The van der Waals surface area contributed by atoms with Gasteiger partial charge in [-0.15, -0.1) is 0 Å². The lowest BCUT2D eigenvalue weighted by Gasteiger charge is -2.15. The SMILES string of the molecule is COc1cc(F)c([C@@H](N)c2ccsc2)cc1OC. The van der Waals surface area contributed by atoms with E-state index >= 15 is 0 Å². The van der Waals surface area contributed by atoms with Crippen LogP contribution in [0.3, 0.4) is 0 Å². The molecule has 0 amide bonds. The maximum absolute atomic E-state index is 14.0. The number of methoxy groups -OCH3 is 2. The summed E-state index contributed by atoms with van der Waals surface area (Å²) >= 11 is 1.53. The van der Waals surface area contributed by atoms with Crippen molar-refractivity contribution in [2.45, 2.75) is 6.04 Å². The molecule has 0 radical (unpaired) electrons. The lowest BCUT2D eigenvalue weighted by molar-refractivity contribution is 0.351. The number of hydrogen-bond donors (Lipinski definition) is 1. The van der Waals surface area contributed by atoms with Crippen molar-refractivity contribution in [3.63, 3.8) is 0 Å². The minimum absolute atomic E-state index is 0.358. The lowest BCUT2D eigenvalue weighted by Crippen LogP contribution is -2.13. The first-order valence-electron chi connectivity index (χ1n) is 5.36. The normalized spacial score (nSPS) is 12.2. The third-order valence-electron chi connectivity index (χ3n) is 2.74. The molecule has 0 aliphatic rings. The summed E-state index contributed by atoms with van der Waals surface area (Å²) < 4.78 is 24.2. The summed E-state index contributed by atoms with van der Waals surface area (Å²) in [6, 6.07) is 4.25. The zero-order chi connectivity index (χ0) is 13.1. The van der Waals surface area contributed by atoms with Gasteiger partial charge in [-0.2, -0.15) is 11.3 Å². The fourth-order valence-corrected chi connectivity index (χ4v) is 2.44. The molecule has 2 aromatic rings. The van der Waals surface area contributed by atoms with Crippen molar-refractivity contribution in [2.75, 3.05) is 14.2 Å². The molecule has 0 saturated heterocycles. The van der Waals surface area contributed by atoms with E-state index in [2.05, 4.69) is 0 Å². The Balaban J connectivity index is 2.45. The van der Waals surface area contributed by atoms with Crippen molar-refractivity contribution in [3.05, 3.63) is 45.9 Å². The monoisotopic (exact) mass is 267 g/mol. The molecule has 0 unspecified atom stereocenters. The highest BCUT2D eigenvalue weighted by Crippen LogP contribution is 2.34. The van der Waals surface area contributed by atoms with Gasteiger partial charge in [0, 0.05) is 11.6 Å². The zero-order valence-electron chi connectivity index (χ0n) is 10.1. The first-order chi connectivity index (χ1) is 8.67. The van der Waals surface area contributed by atoms with Crippen molar-refractivity contribution in [3.8, 4) is 11.5 Å². The van der Waals surface area contributed by atoms with Crippen LogP contribution in [0.25, 0.3) is 0 Å². The van der Waals surface area contributed by atoms with Gasteiger partial charge in [0.1, 0.15) is 5.82 Å². The standard InChI is InChI=1S/C13H14FNO2S/c1-16-11-5-9(10(14)6-12(11)17-2)13(15)8-3-4-18-7-8/h3-7,13H,15H2,1-2H3/t13-/m0/s1. The smallest absolute Gasteiger partial charge is 0.163 e. The predicted molar refractivity (Wildman–Crippen MR) is 69.9 cm³/mol. The van der Waals surface area contributed by atoms with Gasteiger partial charge in [0.2, 0.25) is 0 Å². The largest absolute Gasteiger partial charge is 0.493 e. The third kappa shape index (κ3) is 2.32. The summed E-state index contributed by atoms with van der Waals surface area (Å²) in [5, 5.41) is 3.81. The summed E-state index contributed by atoms with van der Waals surface area (Å²) in [5.74, 6) is 0.433. The summed E-state index contributed by atoms with van der Waals surface area (Å²) in [4.78, 5) is 0. The number of halogens is 1. The predicted octanol–water partition coefficient (Wildman–Crippen LogP) is 2.95. The minimum atomic E-state index is -0.504. The van der Waals surface area contributed by atoms with Gasteiger partial charge >= 0.3 is 0 Å². The fourth-order valence-electron chi connectivity index (χ4n) is 1.74. The molecule has 0 spiro atoms. The summed E-state index contributed by atoms with van der Waals surface area (Å²) in [6.45, 7) is 0. The van der Waals surface area contributed by atoms with Gasteiger partial charge in [0.05, 0.1) is 20.3 Å². The van der Waals surface area contributed by atoms with Crippen LogP contribution in [-0.2, 0) is 0 Å². The van der Waals surface area contributed by atoms with E-state index in [0.717, 1.165) is 5.56 Å². The Morgan fingerprint density at radius 3 is 2.44 bits per heavy atom. The van der Waals surface area contributed by atoms with Gasteiger partial charge in [-0.05, 0) is 28.5 Å². The van der Waals surface area contributed by atoms with Crippen LogP contribution in [0.1, 0.15) is 17.2 Å². The first-order valence-corrected chi connectivity index (χ1v) is 6.30. The third-order valence-corrected chi connectivity index (χ3v) is 3.44. The molecule has 0 fully saturated rings. The zero-order valence-corrected chi connectivity index (χ0v) is 11.0. The Kier molecular flexibility index (Phi) is 3.84. The van der Waals surface area contributed by atoms with E-state index in [0.29, 0.717) is 17.1 Å². The van der Waals surface area contributed by atoms with Crippen LogP contribution >= 0.6 is 11.3 Å². The molecule has 1 aromatic heterocycles. The minimum Gasteiger partial charge on any atom is -0.493 e. The Morgan fingerprint density at radius 1 is 1.22 bits per heavy atom. The number of benzene rings is 1. The van der Waals surface area contributed by atoms with Crippen LogP contribution in [0.15, 0.2) is 29.0 Å². The van der Waals surface area contributed by atoms with Gasteiger partial charge in [0.25, 0.3) is 0 Å². The Morgan fingerprint density at radius 2 is 1.89 bits per heavy atom. The van der Waals surface area contributed by atoms with Gasteiger partial charge in [-0.25, -0.2) is 4.39 Å². The van der Waals surface area contributed by atoms with E-state index in [-0.39, 0.29) is 0 Å². The van der Waals surface area contributed by atoms with Crippen molar-refractivity contribution < 1.29 is 13.9 Å². The van der Waals surface area contributed by atoms with Crippen LogP contribution in [0.5, 0.6) is 11.5 Å². The highest BCUT2D eigenvalue weighted by molar-refractivity contribution is 7.08. The maximum atomic E-state index is 14.0. The van der Waals surface area contributed by atoms with Crippen molar-refractivity contribution >= 4 is 11.3 Å². The summed E-state index contributed by atoms with van der Waals surface area (Å²) in [6.07, 6.45) is 0. The van der Waals surface area contributed by atoms with E-state index < -0.39 is 11.9 Å². The van der Waals surface area contributed by atoms with Gasteiger partial charge in [-0.3, -0.25) is 0 Å². The fraction of sp³-hybridized carbons (Fsp3) is 0.231. The second-order valence-corrected chi connectivity index (χ2v) is 4.54. The average molecular weight is 267 g/mol. The summed E-state index contributed by atoms with van der Waals surface area (Å²) in [7, 11) is 2.98. The molecule has 5 heteroatoms. The quantitative estimate of drug-likeness (QED) is 0.926.